The molecule has 2 aromatic rings. The lowest BCUT2D eigenvalue weighted by molar-refractivity contribution is 0.265. The molecule has 0 aliphatic carbocycles. The fourth-order valence-electron chi connectivity index (χ4n) is 1.93. The number of hydrogen-bond acceptors (Lipinski definition) is 4. The highest BCUT2D eigenvalue weighted by atomic mass is 16.5. The molecule has 0 radical (unpaired) electrons. The first kappa shape index (κ1) is 12.8. The first-order chi connectivity index (χ1) is 8.69. The number of aromatic nitrogens is 1. The van der Waals surface area contributed by atoms with Gasteiger partial charge in [0, 0.05) is 19.2 Å². The fourth-order valence-corrected chi connectivity index (χ4v) is 1.93. The van der Waals surface area contributed by atoms with E-state index < -0.39 is 0 Å². The van der Waals surface area contributed by atoms with Gasteiger partial charge in [-0.1, -0.05) is 29.4 Å². The van der Waals surface area contributed by atoms with E-state index in [1.807, 2.05) is 6.07 Å². The van der Waals surface area contributed by atoms with Gasteiger partial charge in [0.1, 0.15) is 0 Å². The largest absolute Gasteiger partial charge is 0.360 e. The van der Waals surface area contributed by atoms with E-state index in [2.05, 4.69) is 48.3 Å². The van der Waals surface area contributed by atoms with Crippen LogP contribution in [0.3, 0.4) is 0 Å². The highest BCUT2D eigenvalue weighted by Gasteiger charge is 2.08. The second-order valence-electron chi connectivity index (χ2n) is 4.59. The molecule has 0 saturated carbocycles. The van der Waals surface area contributed by atoms with Crippen LogP contribution in [-0.4, -0.2) is 17.1 Å². The van der Waals surface area contributed by atoms with Crippen molar-refractivity contribution in [3.8, 4) is 0 Å². The molecule has 1 aromatic carbocycles. The summed E-state index contributed by atoms with van der Waals surface area (Å²) in [5.74, 6) is 0.853. The molecule has 18 heavy (non-hydrogen) atoms. The summed E-state index contributed by atoms with van der Waals surface area (Å²) < 4.78 is 5.22. The van der Waals surface area contributed by atoms with Crippen molar-refractivity contribution in [1.29, 1.82) is 0 Å². The summed E-state index contributed by atoms with van der Waals surface area (Å²) in [6, 6.07) is 10.3. The number of nitrogens with zero attached hydrogens (tertiary/aromatic N) is 2. The Labute approximate surface area is 107 Å². The molecule has 1 heterocycles. The lowest BCUT2D eigenvalue weighted by atomic mass is 10.1. The van der Waals surface area contributed by atoms with Gasteiger partial charge in [0.25, 0.3) is 0 Å². The van der Waals surface area contributed by atoms with Crippen molar-refractivity contribution in [2.24, 2.45) is 5.73 Å². The van der Waals surface area contributed by atoms with Gasteiger partial charge in [-0.2, -0.15) is 0 Å². The van der Waals surface area contributed by atoms with Crippen LogP contribution in [-0.2, 0) is 19.6 Å². The monoisotopic (exact) mass is 245 g/mol. The Morgan fingerprint density at radius 3 is 2.72 bits per heavy atom. The summed E-state index contributed by atoms with van der Waals surface area (Å²) >= 11 is 0. The lowest BCUT2D eigenvalue weighted by Gasteiger charge is -2.16. The van der Waals surface area contributed by atoms with Crippen LogP contribution in [0, 0.1) is 6.92 Å². The maximum absolute atomic E-state index is 5.50. The van der Waals surface area contributed by atoms with Gasteiger partial charge in [0.15, 0.2) is 5.76 Å². The van der Waals surface area contributed by atoms with E-state index in [1.165, 1.54) is 11.1 Å². The highest BCUT2D eigenvalue weighted by molar-refractivity contribution is 5.25. The van der Waals surface area contributed by atoms with Gasteiger partial charge >= 0.3 is 0 Å². The van der Waals surface area contributed by atoms with E-state index >= 15 is 0 Å². The summed E-state index contributed by atoms with van der Waals surface area (Å²) in [6.45, 7) is 4.18. The SMILES string of the molecule is Cc1ccccc1CN(C)Cc1cc(CN)no1. The third-order valence-electron chi connectivity index (χ3n) is 2.94. The molecule has 0 spiro atoms. The second-order valence-corrected chi connectivity index (χ2v) is 4.59. The number of hydrogen-bond donors (Lipinski definition) is 1. The molecule has 2 N–H and O–H groups in total. The minimum atomic E-state index is 0.422. The molecular weight excluding hydrogens is 226 g/mol. The standard InChI is InChI=1S/C14H19N3O/c1-11-5-3-4-6-12(11)9-17(2)10-14-7-13(8-15)16-18-14/h3-7H,8-10,15H2,1-2H3. The third-order valence-corrected chi connectivity index (χ3v) is 2.94. The molecule has 4 nitrogen and oxygen atoms in total. The Balaban J connectivity index is 1.96. The van der Waals surface area contributed by atoms with Gasteiger partial charge in [0.2, 0.25) is 0 Å². The number of nitrogens with two attached hydrogens (primary N) is 1. The predicted molar refractivity (Wildman–Crippen MR) is 70.7 cm³/mol. The molecule has 0 aliphatic rings. The van der Waals surface area contributed by atoms with Crippen LogP contribution in [0.4, 0.5) is 0 Å². The van der Waals surface area contributed by atoms with Crippen molar-refractivity contribution in [3.05, 3.63) is 52.9 Å². The molecule has 0 bridgehead atoms. The average Bonchev–Trinajstić information content (AvgIpc) is 2.80. The maximum atomic E-state index is 5.50. The van der Waals surface area contributed by atoms with Crippen LogP contribution in [0.1, 0.15) is 22.6 Å². The van der Waals surface area contributed by atoms with Crippen LogP contribution < -0.4 is 5.73 Å². The summed E-state index contributed by atoms with van der Waals surface area (Å²) in [6.07, 6.45) is 0. The van der Waals surface area contributed by atoms with Crippen molar-refractivity contribution in [3.63, 3.8) is 0 Å². The normalized spacial score (nSPS) is 11.1. The first-order valence-electron chi connectivity index (χ1n) is 6.06. The summed E-state index contributed by atoms with van der Waals surface area (Å²) in [4.78, 5) is 2.20. The highest BCUT2D eigenvalue weighted by Crippen LogP contribution is 2.12. The zero-order valence-corrected chi connectivity index (χ0v) is 10.9. The Morgan fingerprint density at radius 2 is 2.06 bits per heavy atom. The zero-order chi connectivity index (χ0) is 13.0. The van der Waals surface area contributed by atoms with Gasteiger partial charge in [-0.25, -0.2) is 0 Å². The van der Waals surface area contributed by atoms with Crippen LogP contribution in [0.2, 0.25) is 0 Å². The number of benzene rings is 1. The second kappa shape index (κ2) is 5.80. The van der Waals surface area contributed by atoms with Crippen molar-refractivity contribution in [2.45, 2.75) is 26.6 Å². The predicted octanol–water partition coefficient (Wildman–Crippen LogP) is 2.07. The van der Waals surface area contributed by atoms with Crippen molar-refractivity contribution < 1.29 is 4.52 Å². The zero-order valence-electron chi connectivity index (χ0n) is 10.9. The summed E-state index contributed by atoms with van der Waals surface area (Å²) in [7, 11) is 2.07. The van der Waals surface area contributed by atoms with Gasteiger partial charge < -0.3 is 10.3 Å². The molecular formula is C14H19N3O. The van der Waals surface area contributed by atoms with Gasteiger partial charge in [0.05, 0.1) is 12.2 Å². The molecule has 0 aliphatic heterocycles. The van der Waals surface area contributed by atoms with E-state index in [4.69, 9.17) is 10.3 Å². The van der Waals surface area contributed by atoms with Gasteiger partial charge in [-0.15, -0.1) is 0 Å². The minimum absolute atomic E-state index is 0.422. The quantitative estimate of drug-likeness (QED) is 0.876. The van der Waals surface area contributed by atoms with Crippen molar-refractivity contribution in [1.82, 2.24) is 10.1 Å². The molecule has 0 fully saturated rings. The van der Waals surface area contributed by atoms with E-state index in [0.717, 1.165) is 24.5 Å². The summed E-state index contributed by atoms with van der Waals surface area (Å²) in [5.41, 5.74) is 8.94. The van der Waals surface area contributed by atoms with Crippen molar-refractivity contribution >= 4 is 0 Å². The Morgan fingerprint density at radius 1 is 1.28 bits per heavy atom. The molecule has 0 amide bonds. The summed E-state index contributed by atoms with van der Waals surface area (Å²) in [5, 5.41) is 3.89. The van der Waals surface area contributed by atoms with E-state index in [0.29, 0.717) is 6.54 Å². The number of aryl methyl sites for hydroxylation is 1. The van der Waals surface area contributed by atoms with Gasteiger partial charge in [-0.05, 0) is 25.1 Å². The topological polar surface area (TPSA) is 55.3 Å². The molecule has 2 rings (SSSR count). The van der Waals surface area contributed by atoms with Gasteiger partial charge in [-0.3, -0.25) is 4.90 Å². The molecule has 4 heteroatoms. The van der Waals surface area contributed by atoms with Crippen LogP contribution in [0.5, 0.6) is 0 Å². The van der Waals surface area contributed by atoms with Crippen LogP contribution in [0.25, 0.3) is 0 Å². The molecule has 0 atom stereocenters. The number of rotatable bonds is 5. The Bertz CT molecular complexity index is 507. The molecule has 0 unspecified atom stereocenters. The van der Waals surface area contributed by atoms with E-state index in [-0.39, 0.29) is 0 Å². The Hall–Kier alpha value is -1.65. The third kappa shape index (κ3) is 3.18. The molecule has 96 valence electrons. The Kier molecular flexibility index (Phi) is 4.12. The van der Waals surface area contributed by atoms with Crippen molar-refractivity contribution in [2.75, 3.05) is 7.05 Å². The lowest BCUT2D eigenvalue weighted by Crippen LogP contribution is -2.17. The van der Waals surface area contributed by atoms with Crippen LogP contribution in [0.15, 0.2) is 34.9 Å². The fraction of sp³-hybridized carbons (Fsp3) is 0.357. The average molecular weight is 245 g/mol. The maximum Gasteiger partial charge on any atom is 0.151 e. The first-order valence-corrected chi connectivity index (χ1v) is 6.06. The minimum Gasteiger partial charge on any atom is -0.360 e. The van der Waals surface area contributed by atoms with E-state index in [9.17, 15) is 0 Å². The molecule has 0 saturated heterocycles. The van der Waals surface area contributed by atoms with Crippen LogP contribution >= 0.6 is 0 Å². The smallest absolute Gasteiger partial charge is 0.151 e. The molecule has 1 aromatic heterocycles. The van der Waals surface area contributed by atoms with E-state index in [1.54, 1.807) is 0 Å².